The number of aliphatic imine (C=N–C) groups is 1. The number of rotatable bonds is 4. The Morgan fingerprint density at radius 1 is 1.17 bits per heavy atom. The molecule has 12 heteroatoms. The quantitative estimate of drug-likeness (QED) is 0.301. The fourth-order valence-corrected chi connectivity index (χ4v) is 2.89. The van der Waals surface area contributed by atoms with Gasteiger partial charge in [0, 0.05) is 6.21 Å². The number of nitrogens with zero attached hydrogens (tertiary/aromatic N) is 2. The average Bonchev–Trinajstić information content (AvgIpc) is 2.68. The third kappa shape index (κ3) is 3.97. The number of nitrogens with one attached hydrogen (secondary N) is 1. The highest BCUT2D eigenvalue weighted by Crippen LogP contribution is 2.22. The van der Waals surface area contributed by atoms with Crippen LogP contribution < -0.4 is 11.2 Å². The fourth-order valence-electron chi connectivity index (χ4n) is 2.89. The molecule has 1 aliphatic heterocycles. The second-order valence-electron chi connectivity index (χ2n) is 6.31. The van der Waals surface area contributed by atoms with E-state index in [4.69, 9.17) is 9.84 Å². The molecule has 1 aromatic heterocycles. The molecule has 0 bridgehead atoms. The van der Waals surface area contributed by atoms with Crippen LogP contribution in [-0.4, -0.2) is 78.5 Å². The number of hydrogen-bond donors (Lipinski definition) is 6. The Morgan fingerprint density at radius 3 is 2.45 bits per heavy atom. The van der Waals surface area contributed by atoms with E-state index in [2.05, 4.69) is 4.99 Å². The smallest absolute Gasteiger partial charge is 0.335 e. The molecule has 0 saturated carbocycles. The zero-order valence-electron chi connectivity index (χ0n) is 14.7. The van der Waals surface area contributed by atoms with Crippen LogP contribution in [0.1, 0.15) is 5.56 Å². The Labute approximate surface area is 161 Å². The molecule has 1 saturated heterocycles. The van der Waals surface area contributed by atoms with E-state index in [9.17, 15) is 34.4 Å². The fraction of sp³-hybridized carbons (Fsp3) is 0.353. The van der Waals surface area contributed by atoms with Crippen LogP contribution in [0.2, 0.25) is 0 Å². The van der Waals surface area contributed by atoms with Gasteiger partial charge in [0.25, 0.3) is 5.56 Å². The molecule has 2 aromatic rings. The van der Waals surface area contributed by atoms with Crippen molar-refractivity contribution < 1.29 is 34.7 Å². The van der Waals surface area contributed by atoms with E-state index in [0.717, 1.165) is 18.3 Å². The molecule has 1 fully saturated rings. The standard InChI is InChI=1S/C17H18FN3O8/c18-7-1-3-8(4-2-7)21-15(26)9(14(25)20-17(21)28)5-19-11-13(24)12(23)10(6-22)29-16(11)27/h1-5,10-13,16,22-24,26-27H,6H2,(H,20,25,28)/t10-,11+,12-,13+,16-/m1/s1. The molecule has 0 spiro atoms. The molecule has 5 atom stereocenters. The molecular formula is C17H18FN3O8. The molecule has 6 N–H and O–H groups in total. The van der Waals surface area contributed by atoms with E-state index in [-0.39, 0.29) is 5.69 Å². The van der Waals surface area contributed by atoms with Crippen molar-refractivity contribution >= 4 is 6.21 Å². The number of aliphatic hydroxyl groups is 4. The highest BCUT2D eigenvalue weighted by Gasteiger charge is 2.43. The first-order valence-electron chi connectivity index (χ1n) is 8.42. The van der Waals surface area contributed by atoms with Gasteiger partial charge in [-0.25, -0.2) is 13.8 Å². The monoisotopic (exact) mass is 411 g/mol. The van der Waals surface area contributed by atoms with E-state index in [0.29, 0.717) is 4.57 Å². The zero-order valence-corrected chi connectivity index (χ0v) is 14.7. The summed E-state index contributed by atoms with van der Waals surface area (Å²) < 4.78 is 18.8. The summed E-state index contributed by atoms with van der Waals surface area (Å²) >= 11 is 0. The summed E-state index contributed by atoms with van der Waals surface area (Å²) in [5, 5.41) is 49.3. The minimum Gasteiger partial charge on any atom is -0.493 e. The summed E-state index contributed by atoms with van der Waals surface area (Å²) in [5.74, 6) is -1.39. The average molecular weight is 411 g/mol. The highest BCUT2D eigenvalue weighted by molar-refractivity contribution is 5.82. The van der Waals surface area contributed by atoms with Gasteiger partial charge in [0.15, 0.2) is 6.29 Å². The lowest BCUT2D eigenvalue weighted by atomic mass is 9.97. The Balaban J connectivity index is 1.99. The van der Waals surface area contributed by atoms with Crippen molar-refractivity contribution in [2.75, 3.05) is 6.61 Å². The van der Waals surface area contributed by atoms with Gasteiger partial charge >= 0.3 is 5.69 Å². The minimum absolute atomic E-state index is 0.0575. The van der Waals surface area contributed by atoms with Crippen molar-refractivity contribution in [3.05, 3.63) is 56.5 Å². The van der Waals surface area contributed by atoms with E-state index in [1.54, 1.807) is 0 Å². The first kappa shape index (κ1) is 20.8. The highest BCUT2D eigenvalue weighted by atomic mass is 19.1. The summed E-state index contributed by atoms with van der Waals surface area (Å²) in [7, 11) is 0. The first-order chi connectivity index (χ1) is 13.7. The van der Waals surface area contributed by atoms with Gasteiger partial charge in [-0.15, -0.1) is 0 Å². The molecule has 2 heterocycles. The summed E-state index contributed by atoms with van der Waals surface area (Å²) in [5.41, 5.74) is -2.43. The predicted molar refractivity (Wildman–Crippen MR) is 95.6 cm³/mol. The molecule has 156 valence electrons. The number of aromatic hydroxyl groups is 1. The second kappa shape index (κ2) is 8.23. The number of ether oxygens (including phenoxy) is 1. The van der Waals surface area contributed by atoms with Crippen LogP contribution in [0.25, 0.3) is 5.69 Å². The second-order valence-corrected chi connectivity index (χ2v) is 6.31. The van der Waals surface area contributed by atoms with Crippen LogP contribution in [0.4, 0.5) is 4.39 Å². The van der Waals surface area contributed by atoms with Gasteiger partial charge in [-0.2, -0.15) is 0 Å². The maximum Gasteiger partial charge on any atom is 0.335 e. The van der Waals surface area contributed by atoms with Crippen molar-refractivity contribution in [3.8, 4) is 11.6 Å². The van der Waals surface area contributed by atoms with Crippen molar-refractivity contribution in [3.63, 3.8) is 0 Å². The number of aliphatic hydroxyl groups excluding tert-OH is 4. The Hall–Kier alpha value is -2.90. The maximum atomic E-state index is 13.1. The molecule has 3 rings (SSSR count). The summed E-state index contributed by atoms with van der Waals surface area (Å²) in [6.07, 6.45) is -5.36. The number of benzene rings is 1. The molecule has 11 nitrogen and oxygen atoms in total. The largest absolute Gasteiger partial charge is 0.493 e. The van der Waals surface area contributed by atoms with Crippen LogP contribution in [0.15, 0.2) is 38.8 Å². The molecule has 29 heavy (non-hydrogen) atoms. The number of aromatic nitrogens is 2. The van der Waals surface area contributed by atoms with Crippen molar-refractivity contribution in [2.45, 2.75) is 30.6 Å². The molecule has 1 aromatic carbocycles. The first-order valence-corrected chi connectivity index (χ1v) is 8.42. The van der Waals surface area contributed by atoms with Crippen LogP contribution in [0.5, 0.6) is 5.88 Å². The van der Waals surface area contributed by atoms with Gasteiger partial charge in [-0.3, -0.25) is 14.8 Å². The number of H-pyrrole nitrogens is 1. The van der Waals surface area contributed by atoms with Crippen LogP contribution in [0, 0.1) is 5.82 Å². The molecule has 0 amide bonds. The Kier molecular flexibility index (Phi) is 5.91. The topological polar surface area (TPSA) is 178 Å². The molecule has 0 unspecified atom stereocenters. The predicted octanol–water partition coefficient (Wildman–Crippen LogP) is -2.41. The molecule has 0 radical (unpaired) electrons. The van der Waals surface area contributed by atoms with Crippen molar-refractivity contribution in [1.82, 2.24) is 9.55 Å². The van der Waals surface area contributed by atoms with E-state index >= 15 is 0 Å². The van der Waals surface area contributed by atoms with Crippen LogP contribution in [0.3, 0.4) is 0 Å². The SMILES string of the molecule is O=c1[nH]c(=O)n(-c2ccc(F)cc2)c(O)c1C=N[C@H]1[C@H](O)[C@H](O)[C@@H](CO)O[C@H]1O. The molecular weight excluding hydrogens is 393 g/mol. The van der Waals surface area contributed by atoms with Crippen molar-refractivity contribution in [2.24, 2.45) is 4.99 Å². The third-order valence-corrected chi connectivity index (χ3v) is 4.45. The minimum atomic E-state index is -1.72. The van der Waals surface area contributed by atoms with Gasteiger partial charge in [0.1, 0.15) is 35.7 Å². The van der Waals surface area contributed by atoms with E-state index < -0.39 is 65.8 Å². The number of halogens is 1. The van der Waals surface area contributed by atoms with Gasteiger partial charge in [0.2, 0.25) is 5.88 Å². The maximum absolute atomic E-state index is 13.1. The molecule has 1 aliphatic rings. The normalized spacial score (nSPS) is 27.4. The van der Waals surface area contributed by atoms with Crippen LogP contribution >= 0.6 is 0 Å². The van der Waals surface area contributed by atoms with E-state index in [1.807, 2.05) is 4.98 Å². The summed E-state index contributed by atoms with van der Waals surface area (Å²) in [4.78, 5) is 29.9. The lowest BCUT2D eigenvalue weighted by molar-refractivity contribution is -0.248. The number of aromatic amines is 1. The van der Waals surface area contributed by atoms with Gasteiger partial charge in [-0.05, 0) is 24.3 Å². The number of hydrogen-bond acceptors (Lipinski definition) is 9. The van der Waals surface area contributed by atoms with Gasteiger partial charge < -0.3 is 30.3 Å². The van der Waals surface area contributed by atoms with Crippen LogP contribution in [-0.2, 0) is 4.74 Å². The van der Waals surface area contributed by atoms with Gasteiger partial charge in [-0.1, -0.05) is 0 Å². The summed E-state index contributed by atoms with van der Waals surface area (Å²) in [6, 6.07) is 3.04. The summed E-state index contributed by atoms with van der Waals surface area (Å²) in [6.45, 7) is -0.658. The van der Waals surface area contributed by atoms with Gasteiger partial charge in [0.05, 0.1) is 12.3 Å². The lowest BCUT2D eigenvalue weighted by Crippen LogP contribution is -2.57. The van der Waals surface area contributed by atoms with Crippen molar-refractivity contribution in [1.29, 1.82) is 0 Å². The Bertz CT molecular complexity index is 1020. The Morgan fingerprint density at radius 2 is 1.83 bits per heavy atom. The molecule has 0 aliphatic carbocycles. The van der Waals surface area contributed by atoms with E-state index in [1.165, 1.54) is 12.1 Å². The zero-order chi connectivity index (χ0) is 21.3. The third-order valence-electron chi connectivity index (χ3n) is 4.45. The lowest BCUT2D eigenvalue weighted by Gasteiger charge is -2.38.